The molecule has 1 unspecified atom stereocenters. The van der Waals surface area contributed by atoms with Crippen LogP contribution in [0.1, 0.15) is 18.9 Å². The topological polar surface area (TPSA) is 57.6 Å². The number of hydrogen-bond acceptors (Lipinski definition) is 3. The van der Waals surface area contributed by atoms with Crippen molar-refractivity contribution in [3.63, 3.8) is 0 Å². The van der Waals surface area contributed by atoms with E-state index >= 15 is 0 Å². The maximum Gasteiger partial charge on any atom is 0.323 e. The zero-order valence-corrected chi connectivity index (χ0v) is 12.7. The molecule has 5 heteroatoms. The molecule has 1 aromatic rings. The molecule has 0 aliphatic rings. The van der Waals surface area contributed by atoms with Gasteiger partial charge in [-0.2, -0.15) is 11.8 Å². The highest BCUT2D eigenvalue weighted by Crippen LogP contribution is 2.12. The monoisotopic (exact) mass is 295 g/mol. The number of carbonyl (C=O) groups is 2. The van der Waals surface area contributed by atoms with Gasteiger partial charge in [-0.1, -0.05) is 37.3 Å². The number of amides is 1. The third-order valence-corrected chi connectivity index (χ3v) is 4.03. The van der Waals surface area contributed by atoms with E-state index in [2.05, 4.69) is 0 Å². The number of thioether (sulfide) groups is 1. The zero-order chi connectivity index (χ0) is 15.0. The Labute approximate surface area is 124 Å². The van der Waals surface area contributed by atoms with Gasteiger partial charge in [0.05, 0.1) is 0 Å². The summed E-state index contributed by atoms with van der Waals surface area (Å²) in [6.45, 7) is 2.18. The van der Waals surface area contributed by atoms with Gasteiger partial charge in [-0.05, 0) is 18.2 Å². The number of nitrogens with zero attached hydrogens (tertiary/aromatic N) is 1. The van der Waals surface area contributed by atoms with Gasteiger partial charge in [0.1, 0.15) is 6.54 Å². The summed E-state index contributed by atoms with van der Waals surface area (Å²) in [6, 6.07) is 9.77. The molecule has 1 rings (SSSR count). The van der Waals surface area contributed by atoms with Gasteiger partial charge in [0.15, 0.2) is 0 Å². The highest BCUT2D eigenvalue weighted by atomic mass is 32.2. The Morgan fingerprint density at radius 3 is 2.50 bits per heavy atom. The highest BCUT2D eigenvalue weighted by molar-refractivity contribution is 7.99. The van der Waals surface area contributed by atoms with Crippen LogP contribution in [0.15, 0.2) is 30.3 Å². The standard InChI is InChI=1S/C15H21NO3S/c1-12(20-2)10-14(17)16(11-15(18)19)9-8-13-6-4-3-5-7-13/h3-7,12H,8-11H2,1-2H3,(H,18,19). The molecule has 1 aromatic carbocycles. The van der Waals surface area contributed by atoms with Crippen LogP contribution in [0.25, 0.3) is 0 Å². The predicted molar refractivity (Wildman–Crippen MR) is 82.0 cm³/mol. The summed E-state index contributed by atoms with van der Waals surface area (Å²) in [4.78, 5) is 24.4. The average molecular weight is 295 g/mol. The maximum absolute atomic E-state index is 12.1. The smallest absolute Gasteiger partial charge is 0.323 e. The Balaban J connectivity index is 2.59. The molecule has 0 aromatic heterocycles. The van der Waals surface area contributed by atoms with Gasteiger partial charge in [0.25, 0.3) is 0 Å². The molecular formula is C15H21NO3S. The van der Waals surface area contributed by atoms with Gasteiger partial charge in [0, 0.05) is 18.2 Å². The minimum Gasteiger partial charge on any atom is -0.480 e. The van der Waals surface area contributed by atoms with Gasteiger partial charge in [0.2, 0.25) is 5.91 Å². The zero-order valence-electron chi connectivity index (χ0n) is 11.9. The Kier molecular flexibility index (Phi) is 7.15. The summed E-state index contributed by atoms with van der Waals surface area (Å²) >= 11 is 1.61. The van der Waals surface area contributed by atoms with Crippen LogP contribution in [-0.2, 0) is 16.0 Å². The average Bonchev–Trinajstić information content (AvgIpc) is 2.43. The van der Waals surface area contributed by atoms with E-state index in [1.54, 1.807) is 11.8 Å². The van der Waals surface area contributed by atoms with E-state index < -0.39 is 5.97 Å². The molecular weight excluding hydrogens is 274 g/mol. The van der Waals surface area contributed by atoms with Crippen LogP contribution >= 0.6 is 11.8 Å². The van der Waals surface area contributed by atoms with Crippen LogP contribution in [0, 0.1) is 0 Å². The first-order valence-electron chi connectivity index (χ1n) is 6.59. The number of aliphatic carboxylic acids is 1. The molecule has 0 bridgehead atoms. The van der Waals surface area contributed by atoms with E-state index in [1.165, 1.54) is 4.90 Å². The van der Waals surface area contributed by atoms with Crippen molar-refractivity contribution in [1.29, 1.82) is 0 Å². The van der Waals surface area contributed by atoms with Crippen LogP contribution in [0.5, 0.6) is 0 Å². The molecule has 4 nitrogen and oxygen atoms in total. The van der Waals surface area contributed by atoms with Gasteiger partial charge >= 0.3 is 5.97 Å². The molecule has 0 radical (unpaired) electrons. The molecule has 20 heavy (non-hydrogen) atoms. The minimum absolute atomic E-state index is 0.0924. The fraction of sp³-hybridized carbons (Fsp3) is 0.467. The molecule has 0 heterocycles. The summed E-state index contributed by atoms with van der Waals surface area (Å²) in [5.41, 5.74) is 1.11. The second-order valence-corrected chi connectivity index (χ2v) is 5.97. The quantitative estimate of drug-likeness (QED) is 0.799. The summed E-state index contributed by atoms with van der Waals surface area (Å²) in [5, 5.41) is 9.13. The lowest BCUT2D eigenvalue weighted by Gasteiger charge is -2.22. The van der Waals surface area contributed by atoms with E-state index in [0.717, 1.165) is 5.56 Å². The lowest BCUT2D eigenvalue weighted by Crippen LogP contribution is -2.38. The summed E-state index contributed by atoms with van der Waals surface area (Å²) in [6.07, 6.45) is 3.00. The van der Waals surface area contributed by atoms with Crippen LogP contribution in [0.2, 0.25) is 0 Å². The Morgan fingerprint density at radius 2 is 1.95 bits per heavy atom. The third-order valence-electron chi connectivity index (χ3n) is 3.06. The Hall–Kier alpha value is -1.49. The lowest BCUT2D eigenvalue weighted by atomic mass is 10.1. The molecule has 110 valence electrons. The van der Waals surface area contributed by atoms with E-state index in [0.29, 0.717) is 19.4 Å². The van der Waals surface area contributed by atoms with Crippen LogP contribution in [0.4, 0.5) is 0 Å². The minimum atomic E-state index is -0.969. The number of hydrogen-bond donors (Lipinski definition) is 1. The normalized spacial score (nSPS) is 11.9. The molecule has 1 atom stereocenters. The molecule has 0 spiro atoms. The highest BCUT2D eigenvalue weighted by Gasteiger charge is 2.18. The van der Waals surface area contributed by atoms with Crippen molar-refractivity contribution in [1.82, 2.24) is 4.90 Å². The van der Waals surface area contributed by atoms with Crippen LogP contribution in [-0.4, -0.2) is 46.5 Å². The molecule has 0 aliphatic carbocycles. The van der Waals surface area contributed by atoms with Crippen molar-refractivity contribution in [2.45, 2.75) is 25.0 Å². The van der Waals surface area contributed by atoms with E-state index in [4.69, 9.17) is 5.11 Å². The SMILES string of the molecule is CSC(C)CC(=O)N(CCc1ccccc1)CC(=O)O. The van der Waals surface area contributed by atoms with Crippen molar-refractivity contribution in [3.05, 3.63) is 35.9 Å². The molecule has 1 amide bonds. The number of benzene rings is 1. The number of carboxylic acid groups (broad SMARTS) is 1. The third kappa shape index (κ3) is 6.10. The second kappa shape index (κ2) is 8.64. The van der Waals surface area contributed by atoms with Gasteiger partial charge < -0.3 is 10.0 Å². The fourth-order valence-electron chi connectivity index (χ4n) is 1.82. The second-order valence-electron chi connectivity index (χ2n) is 4.70. The molecule has 0 aliphatic heterocycles. The Bertz CT molecular complexity index is 436. The summed E-state index contributed by atoms with van der Waals surface area (Å²) < 4.78 is 0. The van der Waals surface area contributed by atoms with Gasteiger partial charge in [-0.15, -0.1) is 0 Å². The fourth-order valence-corrected chi connectivity index (χ4v) is 2.13. The lowest BCUT2D eigenvalue weighted by molar-refractivity contribution is -0.144. The molecule has 1 N–H and O–H groups in total. The first-order chi connectivity index (χ1) is 9.52. The van der Waals surface area contributed by atoms with Crippen LogP contribution in [0.3, 0.4) is 0 Å². The van der Waals surface area contributed by atoms with E-state index in [-0.39, 0.29) is 17.7 Å². The maximum atomic E-state index is 12.1. The van der Waals surface area contributed by atoms with Crippen molar-refractivity contribution < 1.29 is 14.7 Å². The number of carboxylic acids is 1. The first kappa shape index (κ1) is 16.6. The molecule has 0 saturated carbocycles. The summed E-state index contributed by atoms with van der Waals surface area (Å²) in [7, 11) is 0. The first-order valence-corrected chi connectivity index (χ1v) is 7.88. The largest absolute Gasteiger partial charge is 0.480 e. The van der Waals surface area contributed by atoms with Crippen molar-refractivity contribution in [2.24, 2.45) is 0 Å². The molecule has 0 fully saturated rings. The van der Waals surface area contributed by atoms with E-state index in [1.807, 2.05) is 43.5 Å². The van der Waals surface area contributed by atoms with Gasteiger partial charge in [-0.3, -0.25) is 9.59 Å². The van der Waals surface area contributed by atoms with Crippen LogP contribution < -0.4 is 0 Å². The number of rotatable bonds is 8. The van der Waals surface area contributed by atoms with E-state index in [9.17, 15) is 9.59 Å². The van der Waals surface area contributed by atoms with Crippen molar-refractivity contribution in [2.75, 3.05) is 19.3 Å². The summed E-state index contributed by atoms with van der Waals surface area (Å²) in [5.74, 6) is -1.06. The number of carbonyl (C=O) groups excluding carboxylic acids is 1. The van der Waals surface area contributed by atoms with Gasteiger partial charge in [-0.25, -0.2) is 0 Å². The molecule has 0 saturated heterocycles. The Morgan fingerprint density at radius 1 is 1.30 bits per heavy atom. The van der Waals surface area contributed by atoms with Crippen molar-refractivity contribution in [3.8, 4) is 0 Å². The van der Waals surface area contributed by atoms with Crippen molar-refractivity contribution >= 4 is 23.6 Å². The predicted octanol–water partition coefficient (Wildman–Crippen LogP) is 2.28.